The van der Waals surface area contributed by atoms with Crippen LogP contribution in [0.2, 0.25) is 0 Å². The standard InChI is InChI=1S/C14H16N2O3S2/c1-10-6-4-5-7-12(10)11(2)13-8-9-20-14(13)16-19-21(17,18)15-3/h4-9,15H,1-3H3/b13-11+,16-14-. The Morgan fingerprint density at radius 2 is 2.05 bits per heavy atom. The number of nitrogens with one attached hydrogen (secondary N) is 1. The molecular weight excluding hydrogens is 308 g/mol. The van der Waals surface area contributed by atoms with Crippen molar-refractivity contribution in [2.45, 2.75) is 13.8 Å². The predicted octanol–water partition coefficient (Wildman–Crippen LogP) is 2.82. The summed E-state index contributed by atoms with van der Waals surface area (Å²) in [4.78, 5) is 0. The number of hydrogen-bond donors (Lipinski definition) is 1. The Kier molecular flexibility index (Phi) is 4.87. The number of hydrogen-bond acceptors (Lipinski definition) is 5. The van der Waals surface area contributed by atoms with Crippen LogP contribution < -0.4 is 4.72 Å². The Labute approximate surface area is 129 Å². The number of thioether (sulfide) groups is 1. The van der Waals surface area contributed by atoms with Gasteiger partial charge in [0.05, 0.1) is 0 Å². The second kappa shape index (κ2) is 6.46. The maximum absolute atomic E-state index is 11.3. The van der Waals surface area contributed by atoms with E-state index in [0.29, 0.717) is 5.04 Å². The molecule has 0 saturated carbocycles. The van der Waals surface area contributed by atoms with Crippen LogP contribution in [-0.4, -0.2) is 20.5 Å². The van der Waals surface area contributed by atoms with E-state index in [0.717, 1.165) is 22.3 Å². The van der Waals surface area contributed by atoms with Crippen molar-refractivity contribution in [1.29, 1.82) is 0 Å². The summed E-state index contributed by atoms with van der Waals surface area (Å²) in [6.45, 7) is 4.01. The Balaban J connectivity index is 2.38. The highest BCUT2D eigenvalue weighted by Gasteiger charge is 2.18. The molecule has 0 aromatic heterocycles. The second-order valence-electron chi connectivity index (χ2n) is 4.40. The molecule has 1 aliphatic rings. The largest absolute Gasteiger partial charge is 0.401 e. The summed E-state index contributed by atoms with van der Waals surface area (Å²) in [5, 5.41) is 6.11. The molecule has 21 heavy (non-hydrogen) atoms. The molecule has 0 aliphatic carbocycles. The van der Waals surface area contributed by atoms with Crippen molar-refractivity contribution < 1.29 is 12.7 Å². The van der Waals surface area contributed by atoms with Crippen molar-refractivity contribution in [1.82, 2.24) is 4.72 Å². The maximum Gasteiger partial charge on any atom is 0.401 e. The van der Waals surface area contributed by atoms with Crippen molar-refractivity contribution in [3.05, 3.63) is 52.4 Å². The minimum Gasteiger partial charge on any atom is -0.255 e. The average Bonchev–Trinajstić information content (AvgIpc) is 2.93. The first-order valence-corrected chi connectivity index (χ1v) is 8.54. The monoisotopic (exact) mass is 324 g/mol. The molecule has 0 spiro atoms. The van der Waals surface area contributed by atoms with Crippen molar-refractivity contribution in [3.63, 3.8) is 0 Å². The SMILES string of the molecule is CNS(=O)(=O)O/N=C1\SC=C\C1=C(\C)c1ccccc1C. The molecule has 1 heterocycles. The van der Waals surface area contributed by atoms with Gasteiger partial charge in [-0.2, -0.15) is 13.1 Å². The number of nitrogens with zero attached hydrogens (tertiary/aromatic N) is 1. The van der Waals surface area contributed by atoms with Crippen molar-refractivity contribution in [3.8, 4) is 0 Å². The van der Waals surface area contributed by atoms with E-state index >= 15 is 0 Å². The van der Waals surface area contributed by atoms with Crippen LogP contribution in [-0.2, 0) is 14.6 Å². The van der Waals surface area contributed by atoms with Gasteiger partial charge in [0, 0.05) is 12.6 Å². The summed E-state index contributed by atoms with van der Waals surface area (Å²) in [5.41, 5.74) is 4.14. The van der Waals surface area contributed by atoms with Crippen LogP contribution in [0.25, 0.3) is 5.57 Å². The number of aryl methyl sites for hydroxylation is 1. The molecule has 1 aromatic carbocycles. The Bertz CT molecular complexity index is 734. The minimum atomic E-state index is -3.83. The lowest BCUT2D eigenvalue weighted by Crippen LogP contribution is -2.19. The summed E-state index contributed by atoms with van der Waals surface area (Å²) in [6, 6.07) is 8.01. The van der Waals surface area contributed by atoms with Gasteiger partial charge >= 0.3 is 10.3 Å². The van der Waals surface area contributed by atoms with E-state index in [2.05, 4.69) is 9.44 Å². The van der Waals surface area contributed by atoms with E-state index in [1.807, 2.05) is 54.3 Å². The van der Waals surface area contributed by atoms with Gasteiger partial charge in [0.15, 0.2) is 0 Å². The highest BCUT2D eigenvalue weighted by molar-refractivity contribution is 8.17. The normalized spacial score (nSPS) is 19.1. The Morgan fingerprint density at radius 3 is 2.71 bits per heavy atom. The second-order valence-corrected chi connectivity index (χ2v) is 6.76. The first kappa shape index (κ1) is 15.8. The molecular formula is C14H16N2O3S2. The van der Waals surface area contributed by atoms with Gasteiger partial charge in [-0.05, 0) is 42.0 Å². The van der Waals surface area contributed by atoms with E-state index in [1.165, 1.54) is 18.8 Å². The summed E-state index contributed by atoms with van der Waals surface area (Å²) in [5.74, 6) is 0. The number of oxime groups is 1. The van der Waals surface area contributed by atoms with Crippen LogP contribution in [0, 0.1) is 6.92 Å². The van der Waals surface area contributed by atoms with Crippen LogP contribution in [0.1, 0.15) is 18.1 Å². The van der Waals surface area contributed by atoms with Gasteiger partial charge in [0.25, 0.3) is 0 Å². The van der Waals surface area contributed by atoms with Gasteiger partial charge in [0.2, 0.25) is 0 Å². The average molecular weight is 324 g/mol. The lowest BCUT2D eigenvalue weighted by molar-refractivity contribution is 0.334. The zero-order chi connectivity index (χ0) is 15.5. The molecule has 7 heteroatoms. The Hall–Kier alpha value is -1.57. The van der Waals surface area contributed by atoms with E-state index in [4.69, 9.17) is 0 Å². The van der Waals surface area contributed by atoms with Gasteiger partial charge in [-0.15, -0.1) is 0 Å². The van der Waals surface area contributed by atoms with Crippen molar-refractivity contribution >= 4 is 32.7 Å². The fourth-order valence-corrected chi connectivity index (χ4v) is 2.97. The molecule has 0 unspecified atom stereocenters. The zero-order valence-corrected chi connectivity index (χ0v) is 13.6. The molecule has 5 nitrogen and oxygen atoms in total. The summed E-state index contributed by atoms with van der Waals surface area (Å²) >= 11 is 1.32. The third kappa shape index (κ3) is 3.75. The summed E-state index contributed by atoms with van der Waals surface area (Å²) in [7, 11) is -2.56. The van der Waals surface area contributed by atoms with Gasteiger partial charge in [-0.25, -0.2) is 0 Å². The lowest BCUT2D eigenvalue weighted by atomic mass is 9.98. The first-order chi connectivity index (χ1) is 9.94. The van der Waals surface area contributed by atoms with Gasteiger partial charge < -0.3 is 0 Å². The fraction of sp³-hybridized carbons (Fsp3) is 0.214. The van der Waals surface area contributed by atoms with Crippen LogP contribution in [0.5, 0.6) is 0 Å². The summed E-state index contributed by atoms with van der Waals surface area (Å²) in [6.07, 6.45) is 1.90. The van der Waals surface area contributed by atoms with Crippen molar-refractivity contribution in [2.24, 2.45) is 5.16 Å². The first-order valence-electron chi connectivity index (χ1n) is 6.25. The van der Waals surface area contributed by atoms with E-state index < -0.39 is 10.3 Å². The number of allylic oxidation sites excluding steroid dienone is 2. The predicted molar refractivity (Wildman–Crippen MR) is 87.0 cm³/mol. The highest BCUT2D eigenvalue weighted by atomic mass is 32.2. The highest BCUT2D eigenvalue weighted by Crippen LogP contribution is 2.31. The third-order valence-electron chi connectivity index (χ3n) is 3.07. The quantitative estimate of drug-likeness (QED) is 0.865. The fourth-order valence-electron chi connectivity index (χ4n) is 1.92. The molecule has 1 aromatic rings. The molecule has 2 rings (SSSR count). The van der Waals surface area contributed by atoms with E-state index in [1.54, 1.807) is 0 Å². The smallest absolute Gasteiger partial charge is 0.255 e. The van der Waals surface area contributed by atoms with Crippen LogP contribution in [0.4, 0.5) is 0 Å². The van der Waals surface area contributed by atoms with E-state index in [9.17, 15) is 8.42 Å². The van der Waals surface area contributed by atoms with Crippen molar-refractivity contribution in [2.75, 3.05) is 7.05 Å². The molecule has 0 bridgehead atoms. The number of rotatable bonds is 4. The van der Waals surface area contributed by atoms with Crippen LogP contribution >= 0.6 is 11.8 Å². The van der Waals surface area contributed by atoms with Gasteiger partial charge in [0.1, 0.15) is 5.04 Å². The molecule has 0 radical (unpaired) electrons. The molecule has 0 atom stereocenters. The van der Waals surface area contributed by atoms with Crippen LogP contribution in [0.15, 0.2) is 46.5 Å². The van der Waals surface area contributed by atoms with Gasteiger partial charge in [-0.3, -0.25) is 4.28 Å². The van der Waals surface area contributed by atoms with Crippen LogP contribution in [0.3, 0.4) is 0 Å². The zero-order valence-electron chi connectivity index (χ0n) is 12.0. The number of benzene rings is 1. The maximum atomic E-state index is 11.3. The molecule has 0 saturated heterocycles. The Morgan fingerprint density at radius 1 is 1.33 bits per heavy atom. The molecule has 112 valence electrons. The summed E-state index contributed by atoms with van der Waals surface area (Å²) < 4.78 is 29.2. The molecule has 1 aliphatic heterocycles. The van der Waals surface area contributed by atoms with E-state index in [-0.39, 0.29) is 0 Å². The van der Waals surface area contributed by atoms with Gasteiger partial charge in [-0.1, -0.05) is 41.2 Å². The third-order valence-corrected chi connectivity index (χ3v) is 4.63. The lowest BCUT2D eigenvalue weighted by Gasteiger charge is -2.09. The molecule has 1 N–H and O–H groups in total. The minimum absolute atomic E-state index is 0.523. The molecule has 0 fully saturated rings. The molecule has 0 amide bonds. The topological polar surface area (TPSA) is 67.8 Å².